The molecular weight excluding hydrogens is 272 g/mol. The second-order valence-corrected chi connectivity index (χ2v) is 5.40. The maximum absolute atomic E-state index is 12.7. The molecule has 0 radical (unpaired) electrons. The van der Waals surface area contributed by atoms with Crippen molar-refractivity contribution in [2.75, 3.05) is 18.5 Å². The van der Waals surface area contributed by atoms with Crippen molar-refractivity contribution in [3.63, 3.8) is 0 Å². The van der Waals surface area contributed by atoms with Crippen LogP contribution in [0, 0.1) is 19.3 Å². The molecule has 0 aliphatic heterocycles. The maximum Gasteiger partial charge on any atom is 0.234 e. The second-order valence-electron chi connectivity index (χ2n) is 5.40. The molecule has 0 bridgehead atoms. The molecule has 0 atom stereocenters. The molecule has 1 aromatic carbocycles. The Hall–Kier alpha value is -1.06. The van der Waals surface area contributed by atoms with Gasteiger partial charge in [-0.1, -0.05) is 19.9 Å². The van der Waals surface area contributed by atoms with Crippen LogP contribution in [0.1, 0.15) is 37.8 Å². The quantitative estimate of drug-likeness (QED) is 0.905. The van der Waals surface area contributed by atoms with E-state index in [1.165, 1.54) is 11.1 Å². The van der Waals surface area contributed by atoms with Crippen LogP contribution in [0.3, 0.4) is 0 Å². The molecule has 4 heteroatoms. The van der Waals surface area contributed by atoms with Gasteiger partial charge in [-0.2, -0.15) is 0 Å². The molecule has 0 unspecified atom stereocenters. The molecule has 0 fully saturated rings. The van der Waals surface area contributed by atoms with Crippen LogP contribution >= 0.6 is 12.4 Å². The van der Waals surface area contributed by atoms with E-state index in [4.69, 9.17) is 5.73 Å². The van der Waals surface area contributed by atoms with Gasteiger partial charge in [-0.05, 0) is 49.9 Å². The summed E-state index contributed by atoms with van der Waals surface area (Å²) < 4.78 is 0. The lowest BCUT2D eigenvalue weighted by molar-refractivity contribution is -0.127. The monoisotopic (exact) mass is 298 g/mol. The van der Waals surface area contributed by atoms with Gasteiger partial charge < -0.3 is 10.6 Å². The highest BCUT2D eigenvalue weighted by Gasteiger charge is 2.36. The van der Waals surface area contributed by atoms with Crippen LogP contribution in [0.25, 0.3) is 0 Å². The van der Waals surface area contributed by atoms with Crippen molar-refractivity contribution in [3.05, 3.63) is 29.3 Å². The fourth-order valence-corrected chi connectivity index (χ4v) is 2.55. The van der Waals surface area contributed by atoms with Gasteiger partial charge in [-0.15, -0.1) is 12.4 Å². The Morgan fingerprint density at radius 1 is 1.15 bits per heavy atom. The summed E-state index contributed by atoms with van der Waals surface area (Å²) in [4.78, 5) is 14.5. The highest BCUT2D eigenvalue weighted by Crippen LogP contribution is 2.30. The molecule has 1 rings (SSSR count). The van der Waals surface area contributed by atoms with Crippen LogP contribution in [0.2, 0.25) is 0 Å². The SMILES string of the molecule is CCC(CC)(CN)C(=O)N(C)c1cc(C)cc(C)c1.Cl. The third-order valence-electron chi connectivity index (χ3n) is 4.10. The first-order chi connectivity index (χ1) is 8.90. The van der Waals surface area contributed by atoms with Crippen LogP contribution < -0.4 is 10.6 Å². The molecule has 114 valence electrons. The molecule has 0 saturated carbocycles. The predicted molar refractivity (Wildman–Crippen MR) is 88.6 cm³/mol. The zero-order valence-electron chi connectivity index (χ0n) is 13.2. The van der Waals surface area contributed by atoms with Crippen molar-refractivity contribution in [1.82, 2.24) is 0 Å². The Labute approximate surface area is 128 Å². The summed E-state index contributed by atoms with van der Waals surface area (Å²) >= 11 is 0. The Kier molecular flexibility index (Phi) is 7.25. The van der Waals surface area contributed by atoms with Crippen molar-refractivity contribution in [2.45, 2.75) is 40.5 Å². The Morgan fingerprint density at radius 2 is 1.60 bits per heavy atom. The van der Waals surface area contributed by atoms with Crippen LogP contribution in [0.4, 0.5) is 5.69 Å². The number of halogens is 1. The number of hydrogen-bond acceptors (Lipinski definition) is 2. The molecule has 3 nitrogen and oxygen atoms in total. The van der Waals surface area contributed by atoms with Gasteiger partial charge >= 0.3 is 0 Å². The van der Waals surface area contributed by atoms with Gasteiger partial charge in [0.2, 0.25) is 5.91 Å². The molecule has 0 aliphatic rings. The van der Waals surface area contributed by atoms with Gasteiger partial charge in [0.05, 0.1) is 5.41 Å². The molecule has 2 N–H and O–H groups in total. The number of hydrogen-bond donors (Lipinski definition) is 1. The molecule has 0 aromatic heterocycles. The van der Waals surface area contributed by atoms with Crippen molar-refractivity contribution < 1.29 is 4.79 Å². The predicted octanol–water partition coefficient (Wildman–Crippen LogP) is 3.45. The van der Waals surface area contributed by atoms with E-state index in [-0.39, 0.29) is 18.3 Å². The smallest absolute Gasteiger partial charge is 0.234 e. The van der Waals surface area contributed by atoms with Crippen LogP contribution in [-0.2, 0) is 4.79 Å². The minimum atomic E-state index is -0.438. The van der Waals surface area contributed by atoms with Crippen LogP contribution in [0.15, 0.2) is 18.2 Å². The summed E-state index contributed by atoms with van der Waals surface area (Å²) in [5, 5.41) is 0. The van der Waals surface area contributed by atoms with Gasteiger partial charge in [0.15, 0.2) is 0 Å². The van der Waals surface area contributed by atoms with E-state index in [0.717, 1.165) is 18.5 Å². The summed E-state index contributed by atoms with van der Waals surface area (Å²) in [6, 6.07) is 6.19. The van der Waals surface area contributed by atoms with Crippen LogP contribution in [0.5, 0.6) is 0 Å². The minimum absolute atomic E-state index is 0. The number of nitrogens with zero attached hydrogens (tertiary/aromatic N) is 1. The third-order valence-corrected chi connectivity index (χ3v) is 4.10. The standard InChI is InChI=1S/C16H26N2O.ClH/c1-6-16(7-2,11-17)15(19)18(5)14-9-12(3)8-13(4)10-14;/h8-10H,6-7,11,17H2,1-5H3;1H. The number of benzene rings is 1. The topological polar surface area (TPSA) is 46.3 Å². The van der Waals surface area contributed by atoms with E-state index in [1.807, 2.05) is 46.9 Å². The van der Waals surface area contributed by atoms with Gasteiger partial charge in [0.1, 0.15) is 0 Å². The highest BCUT2D eigenvalue weighted by atomic mass is 35.5. The molecule has 20 heavy (non-hydrogen) atoms. The normalized spacial score (nSPS) is 10.9. The van der Waals surface area contributed by atoms with Gasteiger partial charge in [0, 0.05) is 19.3 Å². The number of anilines is 1. The lowest BCUT2D eigenvalue weighted by Crippen LogP contribution is -2.46. The summed E-state index contributed by atoms with van der Waals surface area (Å²) in [5.74, 6) is 0.116. The lowest BCUT2D eigenvalue weighted by Gasteiger charge is -2.33. The molecule has 0 saturated heterocycles. The van der Waals surface area contributed by atoms with Crippen molar-refractivity contribution >= 4 is 24.0 Å². The molecule has 1 amide bonds. The zero-order chi connectivity index (χ0) is 14.6. The van der Waals surface area contributed by atoms with Gasteiger partial charge in [-0.3, -0.25) is 4.79 Å². The first-order valence-corrected chi connectivity index (χ1v) is 6.96. The van der Waals surface area contributed by atoms with Gasteiger partial charge in [0.25, 0.3) is 0 Å². The Balaban J connectivity index is 0.00000361. The Bertz CT molecular complexity index is 427. The molecule has 0 spiro atoms. The van der Waals surface area contributed by atoms with E-state index in [1.54, 1.807) is 4.90 Å². The fraction of sp³-hybridized carbons (Fsp3) is 0.562. The number of rotatable bonds is 5. The average Bonchev–Trinajstić information content (AvgIpc) is 2.39. The highest BCUT2D eigenvalue weighted by molar-refractivity contribution is 5.97. The number of carbonyl (C=O) groups excluding carboxylic acids is 1. The zero-order valence-corrected chi connectivity index (χ0v) is 14.0. The van der Waals surface area contributed by atoms with Crippen molar-refractivity contribution in [2.24, 2.45) is 11.1 Å². The summed E-state index contributed by atoms with van der Waals surface area (Å²) in [6.07, 6.45) is 1.54. The summed E-state index contributed by atoms with van der Waals surface area (Å²) in [7, 11) is 1.84. The van der Waals surface area contributed by atoms with Gasteiger partial charge in [-0.25, -0.2) is 0 Å². The molecule has 0 aliphatic carbocycles. The number of amides is 1. The first-order valence-electron chi connectivity index (χ1n) is 6.96. The molecule has 1 aromatic rings. The summed E-state index contributed by atoms with van der Waals surface area (Å²) in [5.41, 5.74) is 8.70. The number of nitrogens with two attached hydrogens (primary N) is 1. The van der Waals surface area contributed by atoms with Crippen molar-refractivity contribution in [1.29, 1.82) is 0 Å². The first kappa shape index (κ1) is 18.9. The van der Waals surface area contributed by atoms with Crippen LogP contribution in [-0.4, -0.2) is 19.5 Å². The average molecular weight is 299 g/mol. The third kappa shape index (κ3) is 3.74. The van der Waals surface area contributed by atoms with E-state index in [2.05, 4.69) is 6.07 Å². The fourth-order valence-electron chi connectivity index (χ4n) is 2.55. The van der Waals surface area contributed by atoms with E-state index in [0.29, 0.717) is 6.54 Å². The molecule has 0 heterocycles. The second kappa shape index (κ2) is 7.65. The number of aryl methyl sites for hydroxylation is 2. The Morgan fingerprint density at radius 3 is 1.95 bits per heavy atom. The van der Waals surface area contributed by atoms with E-state index < -0.39 is 5.41 Å². The van der Waals surface area contributed by atoms with E-state index in [9.17, 15) is 4.79 Å². The minimum Gasteiger partial charge on any atom is -0.329 e. The maximum atomic E-state index is 12.7. The number of carbonyl (C=O) groups is 1. The van der Waals surface area contributed by atoms with E-state index >= 15 is 0 Å². The summed E-state index contributed by atoms with van der Waals surface area (Å²) in [6.45, 7) is 8.55. The molecular formula is C16H27ClN2O. The van der Waals surface area contributed by atoms with Crippen molar-refractivity contribution in [3.8, 4) is 0 Å². The lowest BCUT2D eigenvalue weighted by atomic mass is 9.81. The largest absolute Gasteiger partial charge is 0.329 e.